The van der Waals surface area contributed by atoms with Crippen molar-refractivity contribution in [1.82, 2.24) is 9.80 Å². The number of hydrogen-bond donors (Lipinski definition) is 0. The highest BCUT2D eigenvalue weighted by molar-refractivity contribution is 5.81. The largest absolute Gasteiger partial charge is 0.497 e. The van der Waals surface area contributed by atoms with Crippen molar-refractivity contribution in [3.05, 3.63) is 54.1 Å². The van der Waals surface area contributed by atoms with E-state index in [2.05, 4.69) is 0 Å². The van der Waals surface area contributed by atoms with E-state index in [1.54, 1.807) is 50.3 Å². The van der Waals surface area contributed by atoms with Crippen LogP contribution in [-0.4, -0.2) is 68.1 Å². The van der Waals surface area contributed by atoms with Crippen LogP contribution in [0.1, 0.15) is 18.9 Å². The van der Waals surface area contributed by atoms with Gasteiger partial charge in [-0.25, -0.2) is 0 Å². The fourth-order valence-corrected chi connectivity index (χ4v) is 3.54. The number of rotatable bonds is 8. The van der Waals surface area contributed by atoms with Gasteiger partial charge in [0.05, 0.1) is 14.2 Å². The van der Waals surface area contributed by atoms with Crippen LogP contribution in [0.3, 0.4) is 0 Å². The van der Waals surface area contributed by atoms with E-state index in [0.29, 0.717) is 44.8 Å². The van der Waals surface area contributed by atoms with Crippen molar-refractivity contribution >= 4 is 11.8 Å². The minimum absolute atomic E-state index is 0.0684. The summed E-state index contributed by atoms with van der Waals surface area (Å²) in [5.41, 5.74) is 1.10. The smallest absolute Gasteiger partial charge is 0.263 e. The second-order valence-corrected chi connectivity index (χ2v) is 7.49. The Morgan fingerprint density at radius 3 is 1.84 bits per heavy atom. The van der Waals surface area contributed by atoms with Crippen LogP contribution in [0.4, 0.5) is 0 Å². The van der Waals surface area contributed by atoms with Gasteiger partial charge < -0.3 is 24.0 Å². The molecule has 0 N–H and O–H groups in total. The normalized spacial score (nSPS) is 14.7. The summed E-state index contributed by atoms with van der Waals surface area (Å²) in [5, 5.41) is 0. The Balaban J connectivity index is 1.43. The average molecular weight is 427 g/mol. The van der Waals surface area contributed by atoms with E-state index in [-0.39, 0.29) is 11.8 Å². The molecule has 1 aliphatic rings. The first kappa shape index (κ1) is 22.5. The number of carbonyl (C=O) groups is 2. The van der Waals surface area contributed by atoms with Crippen molar-refractivity contribution in [2.24, 2.45) is 0 Å². The number of amides is 2. The first-order valence-corrected chi connectivity index (χ1v) is 10.5. The third-order valence-corrected chi connectivity index (χ3v) is 5.45. The van der Waals surface area contributed by atoms with E-state index in [9.17, 15) is 9.59 Å². The summed E-state index contributed by atoms with van der Waals surface area (Å²) in [6, 6.07) is 14.9. The Kier molecular flexibility index (Phi) is 7.76. The van der Waals surface area contributed by atoms with Gasteiger partial charge in [0.2, 0.25) is 5.91 Å². The maximum Gasteiger partial charge on any atom is 0.263 e. The number of methoxy groups -OCH3 is 2. The second kappa shape index (κ2) is 10.7. The van der Waals surface area contributed by atoms with Crippen LogP contribution in [0.15, 0.2) is 48.5 Å². The van der Waals surface area contributed by atoms with E-state index < -0.39 is 6.10 Å². The van der Waals surface area contributed by atoms with Crippen LogP contribution in [0.5, 0.6) is 17.2 Å². The predicted octanol–water partition coefficient (Wildman–Crippen LogP) is 2.77. The molecular weight excluding hydrogens is 396 g/mol. The summed E-state index contributed by atoms with van der Waals surface area (Å²) in [6.07, 6.45) is 0.553. The monoisotopic (exact) mass is 426 g/mol. The topological polar surface area (TPSA) is 68.3 Å². The summed E-state index contributed by atoms with van der Waals surface area (Å²) >= 11 is 0. The van der Waals surface area contributed by atoms with Gasteiger partial charge in [0.1, 0.15) is 17.2 Å². The summed E-state index contributed by atoms with van der Waals surface area (Å²) in [6.45, 7) is 3.87. The van der Waals surface area contributed by atoms with Crippen molar-refractivity contribution in [2.75, 3.05) is 40.4 Å². The molecule has 7 nitrogen and oxygen atoms in total. The van der Waals surface area contributed by atoms with Crippen molar-refractivity contribution in [3.63, 3.8) is 0 Å². The molecule has 166 valence electrons. The summed E-state index contributed by atoms with van der Waals surface area (Å²) in [4.78, 5) is 28.9. The van der Waals surface area contributed by atoms with E-state index in [4.69, 9.17) is 14.2 Å². The Bertz CT molecular complexity index is 859. The zero-order valence-electron chi connectivity index (χ0n) is 18.4. The molecule has 7 heteroatoms. The number of benzene rings is 2. The molecule has 1 aliphatic heterocycles. The van der Waals surface area contributed by atoms with E-state index in [1.807, 2.05) is 29.2 Å². The average Bonchev–Trinajstić information content (AvgIpc) is 2.83. The fraction of sp³-hybridized carbons (Fsp3) is 0.417. The first-order chi connectivity index (χ1) is 15.0. The van der Waals surface area contributed by atoms with Crippen molar-refractivity contribution in [1.29, 1.82) is 0 Å². The zero-order chi connectivity index (χ0) is 22.2. The summed E-state index contributed by atoms with van der Waals surface area (Å²) in [7, 11) is 3.24. The Morgan fingerprint density at radius 1 is 0.806 bits per heavy atom. The highest BCUT2D eigenvalue weighted by Crippen LogP contribution is 2.19. The highest BCUT2D eigenvalue weighted by Gasteiger charge is 2.27. The van der Waals surface area contributed by atoms with Crippen LogP contribution >= 0.6 is 0 Å². The molecule has 1 unspecified atom stereocenters. The third kappa shape index (κ3) is 6.13. The van der Waals surface area contributed by atoms with Crippen LogP contribution < -0.4 is 14.2 Å². The quantitative estimate of drug-likeness (QED) is 0.649. The van der Waals surface area contributed by atoms with Crippen molar-refractivity contribution in [3.8, 4) is 17.2 Å². The van der Waals surface area contributed by atoms with Crippen molar-refractivity contribution < 1.29 is 23.8 Å². The number of aryl methyl sites for hydroxylation is 1. The molecule has 0 spiro atoms. The van der Waals surface area contributed by atoms with Gasteiger partial charge in [-0.3, -0.25) is 9.59 Å². The lowest BCUT2D eigenvalue weighted by molar-refractivity contribution is -0.143. The molecular formula is C24H30N2O5. The zero-order valence-corrected chi connectivity index (χ0v) is 18.4. The van der Waals surface area contributed by atoms with Gasteiger partial charge in [-0.15, -0.1) is 0 Å². The molecule has 0 aromatic heterocycles. The fourth-order valence-electron chi connectivity index (χ4n) is 3.54. The minimum atomic E-state index is -0.592. The lowest BCUT2D eigenvalue weighted by atomic mass is 10.1. The standard InChI is InChI=1S/C24H30N2O5/c1-18(31-22-11-9-21(30-3)10-12-22)24(28)26-16-14-25(15-17-26)23(27)13-6-19-4-7-20(29-2)8-5-19/h4-5,7-12,18H,6,13-17H2,1-3H3. The Labute approximate surface area is 183 Å². The molecule has 1 heterocycles. The molecule has 0 aliphatic carbocycles. The van der Waals surface area contributed by atoms with Crippen LogP contribution in [-0.2, 0) is 16.0 Å². The van der Waals surface area contributed by atoms with Crippen LogP contribution in [0.25, 0.3) is 0 Å². The van der Waals surface area contributed by atoms with Gasteiger partial charge in [0.25, 0.3) is 5.91 Å². The molecule has 2 aromatic carbocycles. The molecule has 1 atom stereocenters. The molecule has 0 bridgehead atoms. The second-order valence-electron chi connectivity index (χ2n) is 7.49. The predicted molar refractivity (Wildman–Crippen MR) is 118 cm³/mol. The van der Waals surface area contributed by atoms with Gasteiger partial charge in [-0.05, 0) is 55.3 Å². The maximum absolute atomic E-state index is 12.7. The lowest BCUT2D eigenvalue weighted by Crippen LogP contribution is -2.53. The van der Waals surface area contributed by atoms with Gasteiger partial charge >= 0.3 is 0 Å². The van der Waals surface area contributed by atoms with Crippen LogP contribution in [0.2, 0.25) is 0 Å². The molecule has 1 saturated heterocycles. The van der Waals surface area contributed by atoms with Crippen molar-refractivity contribution in [2.45, 2.75) is 25.9 Å². The van der Waals surface area contributed by atoms with E-state index in [1.165, 1.54) is 0 Å². The SMILES string of the molecule is COc1ccc(CCC(=O)N2CCN(C(=O)C(C)Oc3ccc(OC)cc3)CC2)cc1. The molecule has 0 radical (unpaired) electrons. The van der Waals surface area contributed by atoms with Gasteiger partial charge in [0.15, 0.2) is 6.10 Å². The van der Waals surface area contributed by atoms with E-state index in [0.717, 1.165) is 17.1 Å². The van der Waals surface area contributed by atoms with Gasteiger partial charge in [0, 0.05) is 32.6 Å². The molecule has 1 fully saturated rings. The maximum atomic E-state index is 12.7. The molecule has 3 rings (SSSR count). The number of hydrogen-bond acceptors (Lipinski definition) is 5. The number of nitrogens with zero attached hydrogens (tertiary/aromatic N) is 2. The first-order valence-electron chi connectivity index (χ1n) is 10.5. The number of carbonyl (C=O) groups excluding carboxylic acids is 2. The third-order valence-electron chi connectivity index (χ3n) is 5.45. The number of ether oxygens (including phenoxy) is 3. The van der Waals surface area contributed by atoms with Crippen LogP contribution in [0, 0.1) is 0 Å². The summed E-state index contributed by atoms with van der Waals surface area (Å²) in [5.74, 6) is 2.21. The van der Waals surface area contributed by atoms with E-state index >= 15 is 0 Å². The lowest BCUT2D eigenvalue weighted by Gasteiger charge is -2.36. The molecule has 2 aromatic rings. The highest BCUT2D eigenvalue weighted by atomic mass is 16.5. The Morgan fingerprint density at radius 2 is 1.29 bits per heavy atom. The minimum Gasteiger partial charge on any atom is -0.497 e. The molecule has 31 heavy (non-hydrogen) atoms. The molecule has 2 amide bonds. The molecule has 0 saturated carbocycles. The van der Waals surface area contributed by atoms with Gasteiger partial charge in [-0.2, -0.15) is 0 Å². The summed E-state index contributed by atoms with van der Waals surface area (Å²) < 4.78 is 16.1. The Hall–Kier alpha value is -3.22. The van der Waals surface area contributed by atoms with Gasteiger partial charge in [-0.1, -0.05) is 12.1 Å². The number of piperazine rings is 1.